The molecule has 0 spiro atoms. The van der Waals surface area contributed by atoms with Gasteiger partial charge < -0.3 is 25.0 Å². The van der Waals surface area contributed by atoms with Crippen LogP contribution in [0.5, 0.6) is 5.75 Å². The summed E-state index contributed by atoms with van der Waals surface area (Å²) >= 11 is 13.2. The molecule has 2 aromatic heterocycles. The SMILES string of the molecule is Cc1[nH]c(C(=O)N[C@@H]2[C@@H]3CN(c4nc(-c5ccc(OC(F)(F)F)cc5)c(C(=O)O)s4)C[C@@H]32)c(Cl)c1Cl. The van der Waals surface area contributed by atoms with E-state index >= 15 is 0 Å². The number of nitrogens with one attached hydrogen (secondary N) is 2. The van der Waals surface area contributed by atoms with E-state index in [1.807, 2.05) is 4.90 Å². The number of aromatic carboxylic acids is 1. The summed E-state index contributed by atoms with van der Waals surface area (Å²) in [5.41, 5.74) is 1.34. The van der Waals surface area contributed by atoms with Crippen molar-refractivity contribution in [2.45, 2.75) is 19.3 Å². The van der Waals surface area contributed by atoms with Gasteiger partial charge in [0.15, 0.2) is 5.13 Å². The highest BCUT2D eigenvalue weighted by Crippen LogP contribution is 2.48. The number of hydrogen-bond acceptors (Lipinski definition) is 6. The molecule has 190 valence electrons. The van der Waals surface area contributed by atoms with Crippen LogP contribution >= 0.6 is 34.5 Å². The van der Waals surface area contributed by atoms with E-state index in [1.54, 1.807) is 6.92 Å². The smallest absolute Gasteiger partial charge is 0.477 e. The van der Waals surface area contributed by atoms with Crippen molar-refractivity contribution >= 4 is 51.5 Å². The Bertz CT molecular complexity index is 1350. The molecule has 2 aliphatic rings. The molecule has 0 bridgehead atoms. The fourth-order valence-electron chi connectivity index (χ4n) is 4.45. The van der Waals surface area contributed by atoms with Crippen LogP contribution in [0.1, 0.15) is 25.9 Å². The number of benzene rings is 1. The predicted octanol–water partition coefficient (Wildman–Crippen LogP) is 5.21. The largest absolute Gasteiger partial charge is 0.573 e. The van der Waals surface area contributed by atoms with E-state index in [-0.39, 0.29) is 45.1 Å². The third-order valence-electron chi connectivity index (χ3n) is 6.21. The summed E-state index contributed by atoms with van der Waals surface area (Å²) in [4.78, 5) is 33.7. The van der Waals surface area contributed by atoms with E-state index in [4.69, 9.17) is 23.2 Å². The van der Waals surface area contributed by atoms with E-state index in [0.717, 1.165) is 23.5 Å². The van der Waals surface area contributed by atoms with Gasteiger partial charge in [-0.15, -0.1) is 13.2 Å². The van der Waals surface area contributed by atoms with E-state index in [9.17, 15) is 27.9 Å². The summed E-state index contributed by atoms with van der Waals surface area (Å²) in [6.07, 6.45) is -4.82. The molecular formula is C22H17Cl2F3N4O4S. The van der Waals surface area contributed by atoms with Crippen molar-refractivity contribution in [1.29, 1.82) is 0 Å². The number of carboxylic acid groups (broad SMARTS) is 1. The number of carbonyl (C=O) groups is 2. The maximum absolute atomic E-state index is 12.6. The van der Waals surface area contributed by atoms with Crippen molar-refractivity contribution in [3.8, 4) is 17.0 Å². The van der Waals surface area contributed by atoms with Crippen LogP contribution in [0.15, 0.2) is 24.3 Å². The summed E-state index contributed by atoms with van der Waals surface area (Å²) < 4.78 is 41.1. The number of piperidine rings is 1. The van der Waals surface area contributed by atoms with Crippen LogP contribution in [0.2, 0.25) is 10.0 Å². The minimum absolute atomic E-state index is 0.0199. The molecule has 1 saturated heterocycles. The molecule has 3 heterocycles. The van der Waals surface area contributed by atoms with Gasteiger partial charge in [0.05, 0.1) is 15.7 Å². The average Bonchev–Trinajstić information content (AvgIpc) is 3.20. The van der Waals surface area contributed by atoms with Crippen LogP contribution in [0.4, 0.5) is 18.3 Å². The lowest BCUT2D eigenvalue weighted by Crippen LogP contribution is -2.34. The van der Waals surface area contributed by atoms with E-state index in [2.05, 4.69) is 20.0 Å². The van der Waals surface area contributed by atoms with Crippen LogP contribution < -0.4 is 15.0 Å². The number of thiazole rings is 1. The molecule has 1 aliphatic heterocycles. The number of aryl methyl sites for hydroxylation is 1. The van der Waals surface area contributed by atoms with Crippen molar-refractivity contribution in [3.63, 3.8) is 0 Å². The molecule has 1 aromatic carbocycles. The number of carbonyl (C=O) groups excluding carboxylic acids is 1. The molecule has 1 saturated carbocycles. The highest BCUT2D eigenvalue weighted by molar-refractivity contribution is 7.17. The summed E-state index contributed by atoms with van der Waals surface area (Å²) in [7, 11) is 0. The molecule has 1 amide bonds. The molecule has 0 unspecified atom stereocenters. The molecule has 3 N–H and O–H groups in total. The number of anilines is 1. The fourth-order valence-corrected chi connectivity index (χ4v) is 5.81. The van der Waals surface area contributed by atoms with Crippen molar-refractivity contribution in [1.82, 2.24) is 15.3 Å². The van der Waals surface area contributed by atoms with Crippen LogP contribution in [-0.4, -0.2) is 52.4 Å². The number of amides is 1. The number of fused-ring (bicyclic) bond motifs is 1. The first-order valence-corrected chi connectivity index (χ1v) is 12.2. The Balaban J connectivity index is 1.27. The number of hydrogen-bond donors (Lipinski definition) is 3. The normalized spacial score (nSPS) is 20.8. The van der Waals surface area contributed by atoms with Gasteiger partial charge in [0.2, 0.25) is 0 Å². The number of H-pyrrole nitrogens is 1. The lowest BCUT2D eigenvalue weighted by Gasteiger charge is -2.19. The number of alkyl halides is 3. The molecule has 2 fully saturated rings. The second-order valence-electron chi connectivity index (χ2n) is 8.54. The molecule has 1 aliphatic carbocycles. The summed E-state index contributed by atoms with van der Waals surface area (Å²) in [6.45, 7) is 2.85. The van der Waals surface area contributed by atoms with Gasteiger partial charge in [-0.3, -0.25) is 4.79 Å². The third kappa shape index (κ3) is 4.60. The number of carboxylic acids is 1. The van der Waals surface area contributed by atoms with Crippen LogP contribution in [0.3, 0.4) is 0 Å². The summed E-state index contributed by atoms with van der Waals surface area (Å²) in [6, 6.07) is 4.83. The third-order valence-corrected chi connectivity index (χ3v) is 8.27. The van der Waals surface area contributed by atoms with E-state index in [1.165, 1.54) is 12.1 Å². The molecular weight excluding hydrogens is 544 g/mol. The van der Waals surface area contributed by atoms with Crippen LogP contribution in [-0.2, 0) is 0 Å². The average molecular weight is 561 g/mol. The second-order valence-corrected chi connectivity index (χ2v) is 10.3. The maximum atomic E-state index is 12.6. The van der Waals surface area contributed by atoms with Gasteiger partial charge in [-0.05, 0) is 31.2 Å². The van der Waals surface area contributed by atoms with Gasteiger partial charge >= 0.3 is 12.3 Å². The number of ether oxygens (including phenoxy) is 1. The van der Waals surface area contributed by atoms with Gasteiger partial charge in [0, 0.05) is 42.2 Å². The molecule has 3 atom stereocenters. The van der Waals surface area contributed by atoms with Crippen LogP contribution in [0, 0.1) is 18.8 Å². The van der Waals surface area contributed by atoms with Gasteiger partial charge in [-0.1, -0.05) is 34.5 Å². The first-order chi connectivity index (χ1) is 16.9. The Labute approximate surface area is 216 Å². The first-order valence-electron chi connectivity index (χ1n) is 10.6. The molecule has 36 heavy (non-hydrogen) atoms. The van der Waals surface area contributed by atoms with Crippen molar-refractivity contribution in [3.05, 3.63) is 50.6 Å². The minimum atomic E-state index is -4.82. The van der Waals surface area contributed by atoms with E-state index < -0.39 is 18.1 Å². The highest BCUT2D eigenvalue weighted by Gasteiger charge is 2.57. The second kappa shape index (κ2) is 8.86. The Morgan fingerprint density at radius 1 is 1.19 bits per heavy atom. The van der Waals surface area contributed by atoms with Gasteiger partial charge in [-0.25, -0.2) is 9.78 Å². The maximum Gasteiger partial charge on any atom is 0.573 e. The molecule has 8 nitrogen and oxygen atoms in total. The zero-order valence-electron chi connectivity index (χ0n) is 18.3. The quantitative estimate of drug-likeness (QED) is 0.381. The van der Waals surface area contributed by atoms with E-state index in [0.29, 0.717) is 34.5 Å². The molecule has 0 radical (unpaired) electrons. The highest BCUT2D eigenvalue weighted by atomic mass is 35.5. The molecule has 5 rings (SSSR count). The minimum Gasteiger partial charge on any atom is -0.477 e. The predicted molar refractivity (Wildman–Crippen MR) is 127 cm³/mol. The van der Waals surface area contributed by atoms with Gasteiger partial charge in [-0.2, -0.15) is 0 Å². The summed E-state index contributed by atoms with van der Waals surface area (Å²) in [5.74, 6) is -1.61. The Morgan fingerprint density at radius 3 is 2.36 bits per heavy atom. The lowest BCUT2D eigenvalue weighted by atomic mass is 10.1. The van der Waals surface area contributed by atoms with Crippen molar-refractivity contribution in [2.24, 2.45) is 11.8 Å². The number of aromatic nitrogens is 2. The zero-order chi connectivity index (χ0) is 25.9. The van der Waals surface area contributed by atoms with Crippen molar-refractivity contribution < 1.29 is 32.6 Å². The lowest BCUT2D eigenvalue weighted by molar-refractivity contribution is -0.274. The number of rotatable bonds is 6. The molecule has 14 heteroatoms. The zero-order valence-corrected chi connectivity index (χ0v) is 20.6. The number of aromatic amines is 1. The summed E-state index contributed by atoms with van der Waals surface area (Å²) in [5, 5.41) is 13.6. The fraction of sp³-hybridized carbons (Fsp3) is 0.318. The standard InChI is InChI=1S/C22H17Cl2F3N4O4S/c1-8-13(23)14(24)17(28-8)19(32)29-16-11-6-31(7-12(11)16)21-30-15(18(36-21)20(33)34)9-2-4-10(5-3-9)35-22(25,26)27/h2-5,11-12,16,28H,6-7H2,1H3,(H,29,32)(H,33,34)/t11-,12+,16-. The van der Waals surface area contributed by atoms with Gasteiger partial charge in [0.1, 0.15) is 16.3 Å². The Hall–Kier alpha value is -2.96. The number of nitrogens with zero attached hydrogens (tertiary/aromatic N) is 2. The van der Waals surface area contributed by atoms with Crippen molar-refractivity contribution in [2.75, 3.05) is 18.0 Å². The first kappa shape index (κ1) is 24.7. The topological polar surface area (TPSA) is 108 Å². The monoisotopic (exact) mass is 560 g/mol. The van der Waals surface area contributed by atoms with Gasteiger partial charge in [0.25, 0.3) is 5.91 Å². The molecule has 3 aromatic rings. The Kier molecular flexibility index (Phi) is 6.08. The Morgan fingerprint density at radius 2 is 1.83 bits per heavy atom. The number of halogens is 5. The van der Waals surface area contributed by atoms with Crippen LogP contribution in [0.25, 0.3) is 11.3 Å².